The molecule has 0 fully saturated rings. The van der Waals surface area contributed by atoms with Gasteiger partial charge in [-0.05, 0) is 80.2 Å². The molecule has 9 rings (SSSR count). The summed E-state index contributed by atoms with van der Waals surface area (Å²) in [6, 6.07) is 54.4. The van der Waals surface area contributed by atoms with Gasteiger partial charge >= 0.3 is 0 Å². The predicted octanol–water partition coefficient (Wildman–Crippen LogP) is 11.7. The fraction of sp³-hybridized carbons (Fsp3) is 0. The van der Waals surface area contributed by atoms with E-state index in [0.717, 1.165) is 33.6 Å². The van der Waals surface area contributed by atoms with Crippen molar-refractivity contribution < 1.29 is 4.42 Å². The van der Waals surface area contributed by atoms with Gasteiger partial charge in [-0.15, -0.1) is 0 Å². The number of rotatable bonds is 3. The Morgan fingerprint density at radius 2 is 1.05 bits per heavy atom. The molecular formula is C40H25NO. The van der Waals surface area contributed by atoms with Crippen molar-refractivity contribution >= 4 is 82.1 Å². The van der Waals surface area contributed by atoms with Crippen LogP contribution in [0.15, 0.2) is 156 Å². The van der Waals surface area contributed by atoms with E-state index in [0.29, 0.717) is 0 Å². The summed E-state index contributed by atoms with van der Waals surface area (Å²) in [7, 11) is 0. The summed E-state index contributed by atoms with van der Waals surface area (Å²) in [4.78, 5) is 2.39. The number of furan rings is 1. The number of nitrogens with zero attached hydrogens (tertiary/aromatic N) is 1. The van der Waals surface area contributed by atoms with Crippen molar-refractivity contribution in [1.82, 2.24) is 0 Å². The molecule has 0 aliphatic rings. The Kier molecular flexibility index (Phi) is 4.93. The van der Waals surface area contributed by atoms with Crippen molar-refractivity contribution in [2.45, 2.75) is 0 Å². The van der Waals surface area contributed by atoms with Crippen LogP contribution in [0, 0.1) is 0 Å². The summed E-state index contributed by atoms with van der Waals surface area (Å²) in [6.45, 7) is 0. The minimum absolute atomic E-state index is 0.921. The van der Waals surface area contributed by atoms with Gasteiger partial charge in [0.15, 0.2) is 0 Å². The zero-order valence-corrected chi connectivity index (χ0v) is 22.8. The molecule has 1 heterocycles. The van der Waals surface area contributed by atoms with E-state index in [9.17, 15) is 0 Å². The van der Waals surface area contributed by atoms with E-state index in [2.05, 4.69) is 144 Å². The van der Waals surface area contributed by atoms with E-state index in [-0.39, 0.29) is 0 Å². The van der Waals surface area contributed by atoms with Crippen molar-refractivity contribution in [2.24, 2.45) is 0 Å². The molecule has 8 aromatic carbocycles. The molecule has 196 valence electrons. The average Bonchev–Trinajstić information content (AvgIpc) is 3.44. The first-order valence-corrected chi connectivity index (χ1v) is 14.4. The van der Waals surface area contributed by atoms with E-state index in [4.69, 9.17) is 4.42 Å². The van der Waals surface area contributed by atoms with Crippen LogP contribution in [0.3, 0.4) is 0 Å². The summed E-state index contributed by atoms with van der Waals surface area (Å²) in [5, 5.41) is 12.3. The van der Waals surface area contributed by atoms with Gasteiger partial charge in [0.25, 0.3) is 0 Å². The highest BCUT2D eigenvalue weighted by Gasteiger charge is 2.18. The molecule has 0 saturated carbocycles. The molecule has 1 aromatic heterocycles. The molecule has 2 heteroatoms. The number of fused-ring (bicyclic) bond motifs is 10. The molecule has 42 heavy (non-hydrogen) atoms. The number of anilines is 3. The van der Waals surface area contributed by atoms with Crippen molar-refractivity contribution in [3.63, 3.8) is 0 Å². The normalized spacial score (nSPS) is 11.8. The Bertz CT molecular complexity index is 2470. The minimum atomic E-state index is 0.921. The van der Waals surface area contributed by atoms with Gasteiger partial charge < -0.3 is 9.32 Å². The smallest absolute Gasteiger partial charge is 0.136 e. The Morgan fingerprint density at radius 3 is 1.98 bits per heavy atom. The standard InChI is InChI=1S/C40H25NO/c1-2-10-29(11-3-1)41(30-21-23-32-28(25-30)20-24-38-40(32)35-13-6-7-16-37(35)42-38)36-15-8-14-34-33(36)22-19-27-18-17-26-9-4-5-12-31(26)39(27)34/h1-25H. The molecule has 2 nitrogen and oxygen atoms in total. The van der Waals surface area contributed by atoms with E-state index < -0.39 is 0 Å². The highest BCUT2D eigenvalue weighted by molar-refractivity contribution is 6.23. The Balaban J connectivity index is 1.32. The zero-order chi connectivity index (χ0) is 27.6. The Morgan fingerprint density at radius 1 is 0.357 bits per heavy atom. The Labute approximate surface area is 242 Å². The zero-order valence-electron chi connectivity index (χ0n) is 22.8. The summed E-state index contributed by atoms with van der Waals surface area (Å²) in [6.07, 6.45) is 0. The molecule has 0 bridgehead atoms. The SMILES string of the molecule is c1ccc(N(c2ccc3c(ccc4oc5ccccc5c43)c2)c2cccc3c2ccc2ccc4ccccc4c23)cc1. The van der Waals surface area contributed by atoms with Gasteiger partial charge in [-0.2, -0.15) is 0 Å². The third-order valence-electron chi connectivity index (χ3n) is 8.60. The lowest BCUT2D eigenvalue weighted by molar-refractivity contribution is 0.669. The number of para-hydroxylation sites is 2. The molecule has 0 amide bonds. The maximum Gasteiger partial charge on any atom is 0.136 e. The van der Waals surface area contributed by atoms with Crippen molar-refractivity contribution in [3.8, 4) is 0 Å². The summed E-state index contributed by atoms with van der Waals surface area (Å²) in [5.74, 6) is 0. The highest BCUT2D eigenvalue weighted by Crippen LogP contribution is 2.43. The second-order valence-corrected chi connectivity index (χ2v) is 10.9. The minimum Gasteiger partial charge on any atom is -0.456 e. The van der Waals surface area contributed by atoms with Crippen LogP contribution in [-0.2, 0) is 0 Å². The summed E-state index contributed by atoms with van der Waals surface area (Å²) in [5.41, 5.74) is 5.24. The maximum absolute atomic E-state index is 6.18. The van der Waals surface area contributed by atoms with Gasteiger partial charge in [-0.25, -0.2) is 0 Å². The van der Waals surface area contributed by atoms with E-state index in [1.165, 1.54) is 48.5 Å². The molecular weight excluding hydrogens is 510 g/mol. The second-order valence-electron chi connectivity index (χ2n) is 10.9. The first-order chi connectivity index (χ1) is 20.8. The van der Waals surface area contributed by atoms with E-state index in [1.807, 2.05) is 12.1 Å². The van der Waals surface area contributed by atoms with Gasteiger partial charge in [-0.1, -0.05) is 109 Å². The fourth-order valence-corrected chi connectivity index (χ4v) is 6.73. The van der Waals surface area contributed by atoms with Crippen LogP contribution in [0.1, 0.15) is 0 Å². The monoisotopic (exact) mass is 535 g/mol. The van der Waals surface area contributed by atoms with Gasteiger partial charge in [0.05, 0.1) is 5.69 Å². The van der Waals surface area contributed by atoms with Crippen molar-refractivity contribution in [3.05, 3.63) is 152 Å². The van der Waals surface area contributed by atoms with E-state index in [1.54, 1.807) is 0 Å². The van der Waals surface area contributed by atoms with Crippen LogP contribution in [0.5, 0.6) is 0 Å². The average molecular weight is 536 g/mol. The predicted molar refractivity (Wildman–Crippen MR) is 178 cm³/mol. The lowest BCUT2D eigenvalue weighted by Crippen LogP contribution is -2.10. The largest absolute Gasteiger partial charge is 0.456 e. The van der Waals surface area contributed by atoms with Crippen molar-refractivity contribution in [2.75, 3.05) is 4.90 Å². The molecule has 0 aliphatic carbocycles. The van der Waals surface area contributed by atoms with Crippen LogP contribution in [0.4, 0.5) is 17.1 Å². The number of hydrogen-bond acceptors (Lipinski definition) is 2. The van der Waals surface area contributed by atoms with Crippen LogP contribution in [-0.4, -0.2) is 0 Å². The second kappa shape index (κ2) is 8.95. The first-order valence-electron chi connectivity index (χ1n) is 14.4. The first kappa shape index (κ1) is 23.1. The van der Waals surface area contributed by atoms with Crippen molar-refractivity contribution in [1.29, 1.82) is 0 Å². The topological polar surface area (TPSA) is 16.4 Å². The third kappa shape index (κ3) is 3.39. The number of hydrogen-bond donors (Lipinski definition) is 0. The van der Waals surface area contributed by atoms with Crippen LogP contribution in [0.2, 0.25) is 0 Å². The van der Waals surface area contributed by atoms with Crippen LogP contribution >= 0.6 is 0 Å². The molecule has 0 N–H and O–H groups in total. The molecule has 0 aliphatic heterocycles. The molecule has 9 aromatic rings. The lowest BCUT2D eigenvalue weighted by Gasteiger charge is -2.27. The third-order valence-corrected chi connectivity index (χ3v) is 8.60. The molecule has 0 radical (unpaired) electrons. The Hall–Kier alpha value is -5.60. The molecule has 0 saturated heterocycles. The fourth-order valence-electron chi connectivity index (χ4n) is 6.73. The van der Waals surface area contributed by atoms with Crippen LogP contribution in [0.25, 0.3) is 65.0 Å². The lowest BCUT2D eigenvalue weighted by atomic mass is 9.95. The molecule has 0 atom stereocenters. The highest BCUT2D eigenvalue weighted by atomic mass is 16.3. The molecule has 0 unspecified atom stereocenters. The summed E-state index contributed by atoms with van der Waals surface area (Å²) >= 11 is 0. The number of benzene rings is 8. The summed E-state index contributed by atoms with van der Waals surface area (Å²) < 4.78 is 6.18. The molecule has 0 spiro atoms. The van der Waals surface area contributed by atoms with Gasteiger partial charge in [0, 0.05) is 27.5 Å². The van der Waals surface area contributed by atoms with Gasteiger partial charge in [-0.3, -0.25) is 0 Å². The quantitative estimate of drug-likeness (QED) is 0.209. The maximum atomic E-state index is 6.18. The van der Waals surface area contributed by atoms with Crippen LogP contribution < -0.4 is 4.90 Å². The van der Waals surface area contributed by atoms with Gasteiger partial charge in [0.1, 0.15) is 11.2 Å². The van der Waals surface area contributed by atoms with E-state index >= 15 is 0 Å². The van der Waals surface area contributed by atoms with Gasteiger partial charge in [0.2, 0.25) is 0 Å².